The van der Waals surface area contributed by atoms with Crippen LogP contribution in [0.2, 0.25) is 0 Å². The van der Waals surface area contributed by atoms with Crippen LogP contribution in [-0.2, 0) is 16.0 Å². The maximum Gasteiger partial charge on any atom is 0.309 e. The Kier molecular flexibility index (Phi) is 6.21. The smallest absolute Gasteiger partial charge is 0.309 e. The van der Waals surface area contributed by atoms with Crippen molar-refractivity contribution in [2.45, 2.75) is 45.4 Å². The minimum absolute atomic E-state index is 0.0195. The van der Waals surface area contributed by atoms with E-state index in [0.717, 1.165) is 12.0 Å². The molecule has 0 unspecified atom stereocenters. The summed E-state index contributed by atoms with van der Waals surface area (Å²) in [5.74, 6) is -1.65. The summed E-state index contributed by atoms with van der Waals surface area (Å²) in [6.45, 7) is 1.92. The summed E-state index contributed by atoms with van der Waals surface area (Å²) in [6, 6.07) is 6.48. The fourth-order valence-corrected chi connectivity index (χ4v) is 2.65. The first kappa shape index (κ1) is 17.0. The molecule has 1 atom stereocenters. The van der Waals surface area contributed by atoms with Crippen LogP contribution in [0, 0.1) is 5.41 Å². The highest BCUT2D eigenvalue weighted by Gasteiger charge is 2.37. The van der Waals surface area contributed by atoms with Gasteiger partial charge in [-0.3, -0.25) is 9.59 Å². The summed E-state index contributed by atoms with van der Waals surface area (Å²) in [7, 11) is 0. The molecule has 0 fully saturated rings. The lowest BCUT2D eigenvalue weighted by Crippen LogP contribution is -2.33. The fraction of sp³-hybridized carbons (Fsp3) is 0.500. The van der Waals surface area contributed by atoms with Gasteiger partial charge in [-0.1, -0.05) is 25.5 Å². The van der Waals surface area contributed by atoms with E-state index in [9.17, 15) is 19.8 Å². The number of carboxylic acids is 2. The van der Waals surface area contributed by atoms with Crippen LogP contribution in [0.5, 0.6) is 5.75 Å². The summed E-state index contributed by atoms with van der Waals surface area (Å²) < 4.78 is 0. The van der Waals surface area contributed by atoms with E-state index in [-0.39, 0.29) is 12.2 Å². The van der Waals surface area contributed by atoms with Crippen molar-refractivity contribution in [3.63, 3.8) is 0 Å². The zero-order valence-electron chi connectivity index (χ0n) is 12.2. The molecule has 3 N–H and O–H groups in total. The third-order valence-electron chi connectivity index (χ3n) is 3.71. The van der Waals surface area contributed by atoms with Gasteiger partial charge in [0.05, 0.1) is 5.41 Å². The lowest BCUT2D eigenvalue weighted by molar-refractivity contribution is -0.150. The quantitative estimate of drug-likeness (QED) is 0.650. The highest BCUT2D eigenvalue weighted by atomic mass is 16.4. The molecule has 0 saturated carbocycles. The van der Waals surface area contributed by atoms with E-state index >= 15 is 0 Å². The Hall–Kier alpha value is -2.04. The number of rotatable bonds is 9. The number of hydrogen-bond donors (Lipinski definition) is 3. The minimum Gasteiger partial charge on any atom is -0.508 e. The molecule has 0 spiro atoms. The van der Waals surface area contributed by atoms with Gasteiger partial charge in [0.25, 0.3) is 0 Å². The Morgan fingerprint density at radius 1 is 1.10 bits per heavy atom. The van der Waals surface area contributed by atoms with Crippen molar-refractivity contribution < 1.29 is 24.9 Å². The zero-order chi connectivity index (χ0) is 15.9. The Morgan fingerprint density at radius 3 is 2.19 bits per heavy atom. The van der Waals surface area contributed by atoms with Crippen molar-refractivity contribution in [2.75, 3.05) is 0 Å². The summed E-state index contributed by atoms with van der Waals surface area (Å²) >= 11 is 0. The number of aromatic hydroxyl groups is 1. The molecule has 1 rings (SSSR count). The monoisotopic (exact) mass is 294 g/mol. The second-order valence-electron chi connectivity index (χ2n) is 5.43. The summed E-state index contributed by atoms with van der Waals surface area (Å²) in [5, 5.41) is 27.7. The van der Waals surface area contributed by atoms with Crippen molar-refractivity contribution >= 4 is 11.9 Å². The van der Waals surface area contributed by atoms with E-state index in [0.29, 0.717) is 25.7 Å². The van der Waals surface area contributed by atoms with Crippen LogP contribution in [0.25, 0.3) is 0 Å². The topological polar surface area (TPSA) is 94.8 Å². The van der Waals surface area contributed by atoms with Crippen molar-refractivity contribution in [3.05, 3.63) is 29.8 Å². The Labute approximate surface area is 124 Å². The molecule has 0 aliphatic heterocycles. The molecular weight excluding hydrogens is 272 g/mol. The zero-order valence-corrected chi connectivity index (χ0v) is 12.2. The minimum atomic E-state index is -0.943. The van der Waals surface area contributed by atoms with Crippen molar-refractivity contribution in [3.8, 4) is 5.75 Å². The Balaban J connectivity index is 2.90. The van der Waals surface area contributed by atoms with Gasteiger partial charge in [0.15, 0.2) is 0 Å². The van der Waals surface area contributed by atoms with Crippen LogP contribution < -0.4 is 0 Å². The van der Waals surface area contributed by atoms with E-state index in [1.54, 1.807) is 12.1 Å². The highest BCUT2D eigenvalue weighted by molar-refractivity contribution is 5.75. The molecule has 0 aliphatic carbocycles. The van der Waals surface area contributed by atoms with Crippen LogP contribution in [0.3, 0.4) is 0 Å². The van der Waals surface area contributed by atoms with Crippen LogP contribution in [0.15, 0.2) is 24.3 Å². The maximum absolute atomic E-state index is 11.8. The second kappa shape index (κ2) is 7.67. The summed E-state index contributed by atoms with van der Waals surface area (Å²) in [5.41, 5.74) is -0.111. The predicted molar refractivity (Wildman–Crippen MR) is 78.3 cm³/mol. The number of aliphatic carboxylic acids is 2. The van der Waals surface area contributed by atoms with Gasteiger partial charge in [-0.25, -0.2) is 0 Å². The summed E-state index contributed by atoms with van der Waals surface area (Å²) in [6.07, 6.45) is 2.23. The van der Waals surface area contributed by atoms with E-state index < -0.39 is 17.4 Å². The van der Waals surface area contributed by atoms with Crippen LogP contribution in [0.4, 0.5) is 0 Å². The number of benzene rings is 1. The first-order chi connectivity index (χ1) is 9.89. The molecule has 0 heterocycles. The van der Waals surface area contributed by atoms with Gasteiger partial charge in [0, 0.05) is 6.42 Å². The van der Waals surface area contributed by atoms with Gasteiger partial charge in [-0.2, -0.15) is 0 Å². The van der Waals surface area contributed by atoms with Gasteiger partial charge in [0.1, 0.15) is 5.75 Å². The third kappa shape index (κ3) is 5.10. The molecule has 0 saturated heterocycles. The number of carbonyl (C=O) groups is 2. The van der Waals surface area contributed by atoms with Gasteiger partial charge in [-0.15, -0.1) is 0 Å². The van der Waals surface area contributed by atoms with E-state index in [4.69, 9.17) is 5.11 Å². The van der Waals surface area contributed by atoms with Crippen molar-refractivity contribution in [1.29, 1.82) is 0 Å². The third-order valence-corrected chi connectivity index (χ3v) is 3.71. The first-order valence-electron chi connectivity index (χ1n) is 7.13. The molecule has 1 aromatic rings. The lowest BCUT2D eigenvalue weighted by Gasteiger charge is -2.29. The number of phenols is 1. The predicted octanol–water partition coefficient (Wildman–Crippen LogP) is 3.06. The molecular formula is C16H22O5. The Morgan fingerprint density at radius 2 is 1.71 bits per heavy atom. The molecule has 116 valence electrons. The average Bonchev–Trinajstić information content (AvgIpc) is 2.41. The van der Waals surface area contributed by atoms with Crippen molar-refractivity contribution in [2.24, 2.45) is 5.41 Å². The van der Waals surface area contributed by atoms with Gasteiger partial charge < -0.3 is 15.3 Å². The van der Waals surface area contributed by atoms with Crippen molar-refractivity contribution in [1.82, 2.24) is 0 Å². The number of phenolic OH excluding ortho intramolecular Hbond substituents is 1. The van der Waals surface area contributed by atoms with Crippen LogP contribution in [0.1, 0.15) is 44.6 Å². The molecule has 1 aromatic carbocycles. The molecule has 5 nitrogen and oxygen atoms in total. The average molecular weight is 294 g/mol. The molecule has 0 amide bonds. The lowest BCUT2D eigenvalue weighted by atomic mass is 9.74. The standard InChI is InChI=1S/C16H22O5/c1-2-9-16(15(20)21,10-3-4-14(18)19)11-12-5-7-13(17)8-6-12/h5-8,17H,2-4,9-11H2,1H3,(H,18,19)(H,20,21)/t16-/m1/s1. The molecule has 21 heavy (non-hydrogen) atoms. The molecule has 0 radical (unpaired) electrons. The number of carboxylic acid groups (broad SMARTS) is 2. The number of hydrogen-bond acceptors (Lipinski definition) is 3. The second-order valence-corrected chi connectivity index (χ2v) is 5.43. The Bertz CT molecular complexity index is 480. The van der Waals surface area contributed by atoms with Crippen LogP contribution in [-0.4, -0.2) is 27.3 Å². The first-order valence-corrected chi connectivity index (χ1v) is 7.13. The summed E-state index contributed by atoms with van der Waals surface area (Å²) in [4.78, 5) is 22.4. The maximum atomic E-state index is 11.8. The fourth-order valence-electron chi connectivity index (χ4n) is 2.65. The van der Waals surface area contributed by atoms with Gasteiger partial charge in [-0.05, 0) is 43.4 Å². The van der Waals surface area contributed by atoms with Crippen LogP contribution >= 0.6 is 0 Å². The molecule has 0 aromatic heterocycles. The highest BCUT2D eigenvalue weighted by Crippen LogP contribution is 2.35. The SMILES string of the molecule is CCC[C@@](CCCC(=O)O)(Cc1ccc(O)cc1)C(=O)O. The normalized spacial score (nSPS) is 13.6. The van der Waals surface area contributed by atoms with E-state index in [1.165, 1.54) is 12.1 Å². The van der Waals surface area contributed by atoms with E-state index in [1.807, 2.05) is 6.92 Å². The largest absolute Gasteiger partial charge is 0.508 e. The molecule has 0 aliphatic rings. The van der Waals surface area contributed by atoms with E-state index in [2.05, 4.69) is 0 Å². The molecule has 0 bridgehead atoms. The van der Waals surface area contributed by atoms with Gasteiger partial charge in [0.2, 0.25) is 0 Å². The van der Waals surface area contributed by atoms with Gasteiger partial charge >= 0.3 is 11.9 Å². The molecule has 5 heteroatoms.